The van der Waals surface area contributed by atoms with E-state index in [0.717, 1.165) is 49.7 Å². The number of carbonyl (C=O) groups is 2. The molecule has 0 bridgehead atoms. The second kappa shape index (κ2) is 9.30. The van der Waals surface area contributed by atoms with Crippen LogP contribution in [0.5, 0.6) is 5.75 Å². The zero-order valence-electron chi connectivity index (χ0n) is 17.5. The van der Waals surface area contributed by atoms with E-state index in [1.165, 1.54) is 5.56 Å². The molecular weight excluding hydrogens is 378 g/mol. The highest BCUT2D eigenvalue weighted by Gasteiger charge is 2.28. The monoisotopic (exact) mass is 407 g/mol. The third-order valence-corrected chi connectivity index (χ3v) is 6.11. The Bertz CT molecular complexity index is 889. The summed E-state index contributed by atoms with van der Waals surface area (Å²) in [6, 6.07) is 16.0. The van der Waals surface area contributed by atoms with Crippen LogP contribution in [0.1, 0.15) is 24.0 Å². The first kappa shape index (κ1) is 20.4. The van der Waals surface area contributed by atoms with Gasteiger partial charge in [0.1, 0.15) is 5.75 Å². The molecule has 2 amide bonds. The molecule has 1 fully saturated rings. The number of para-hydroxylation sites is 1. The molecule has 158 valence electrons. The molecule has 2 aromatic rings. The fourth-order valence-corrected chi connectivity index (χ4v) is 4.25. The van der Waals surface area contributed by atoms with Gasteiger partial charge in [-0.05, 0) is 42.2 Å². The van der Waals surface area contributed by atoms with E-state index in [0.29, 0.717) is 19.3 Å². The van der Waals surface area contributed by atoms with Crippen molar-refractivity contribution in [1.29, 1.82) is 0 Å². The van der Waals surface area contributed by atoms with E-state index in [2.05, 4.69) is 22.3 Å². The summed E-state index contributed by atoms with van der Waals surface area (Å²) >= 11 is 0. The van der Waals surface area contributed by atoms with E-state index in [4.69, 9.17) is 4.74 Å². The molecule has 30 heavy (non-hydrogen) atoms. The van der Waals surface area contributed by atoms with Crippen LogP contribution in [-0.2, 0) is 22.6 Å². The maximum Gasteiger partial charge on any atom is 0.227 e. The van der Waals surface area contributed by atoms with Gasteiger partial charge in [0.2, 0.25) is 11.8 Å². The Morgan fingerprint density at radius 3 is 2.53 bits per heavy atom. The number of nitrogens with zero attached hydrogens (tertiary/aromatic N) is 2. The van der Waals surface area contributed by atoms with Crippen LogP contribution in [0.25, 0.3) is 0 Å². The van der Waals surface area contributed by atoms with Gasteiger partial charge in [0.15, 0.2) is 0 Å². The molecular formula is C24H29N3O3. The van der Waals surface area contributed by atoms with Crippen LogP contribution >= 0.6 is 0 Å². The Morgan fingerprint density at radius 1 is 1.07 bits per heavy atom. The molecule has 0 spiro atoms. The van der Waals surface area contributed by atoms with E-state index in [9.17, 15) is 9.59 Å². The lowest BCUT2D eigenvalue weighted by Gasteiger charge is -2.35. The molecule has 2 aromatic carbocycles. The highest BCUT2D eigenvalue weighted by molar-refractivity contribution is 5.96. The van der Waals surface area contributed by atoms with Crippen LogP contribution in [-0.4, -0.2) is 54.9 Å². The summed E-state index contributed by atoms with van der Waals surface area (Å²) in [6.45, 7) is 4.11. The maximum atomic E-state index is 12.7. The highest BCUT2D eigenvalue weighted by atomic mass is 16.5. The standard InChI is InChI=1S/C24H29N3O3/c1-30-21-9-6-18(7-10-21)17-26-12-14-27(15-13-26)23(28)11-8-20-16-19-4-2-3-5-22(19)25-24(20)29/h2-7,9-10,20H,8,11-17H2,1H3,(H,25,29). The van der Waals surface area contributed by atoms with Gasteiger partial charge in [-0.25, -0.2) is 0 Å². The molecule has 2 heterocycles. The fourth-order valence-electron chi connectivity index (χ4n) is 4.25. The first-order chi connectivity index (χ1) is 14.6. The van der Waals surface area contributed by atoms with E-state index >= 15 is 0 Å². The van der Waals surface area contributed by atoms with Crippen LogP contribution < -0.4 is 10.1 Å². The van der Waals surface area contributed by atoms with Gasteiger partial charge in [-0.2, -0.15) is 0 Å². The average molecular weight is 408 g/mol. The molecule has 2 aliphatic heterocycles. The molecule has 0 aliphatic carbocycles. The fraction of sp³-hybridized carbons (Fsp3) is 0.417. The van der Waals surface area contributed by atoms with Gasteiger partial charge in [-0.1, -0.05) is 30.3 Å². The summed E-state index contributed by atoms with van der Waals surface area (Å²) in [5, 5.41) is 2.97. The zero-order chi connectivity index (χ0) is 20.9. The Hall–Kier alpha value is -2.86. The minimum Gasteiger partial charge on any atom is -0.497 e. The number of amides is 2. The van der Waals surface area contributed by atoms with Gasteiger partial charge in [-0.3, -0.25) is 14.5 Å². The van der Waals surface area contributed by atoms with Gasteiger partial charge >= 0.3 is 0 Å². The van der Waals surface area contributed by atoms with Crippen molar-refractivity contribution < 1.29 is 14.3 Å². The van der Waals surface area contributed by atoms with Crippen molar-refractivity contribution in [2.75, 3.05) is 38.6 Å². The Balaban J connectivity index is 1.22. The van der Waals surface area contributed by atoms with Crippen molar-refractivity contribution in [3.8, 4) is 5.75 Å². The number of nitrogens with one attached hydrogen (secondary N) is 1. The Labute approximate surface area is 177 Å². The molecule has 4 rings (SSSR count). The largest absolute Gasteiger partial charge is 0.497 e. The molecule has 1 N–H and O–H groups in total. The second-order valence-corrected chi connectivity index (χ2v) is 8.09. The molecule has 0 aromatic heterocycles. The number of hydrogen-bond donors (Lipinski definition) is 1. The van der Waals surface area contributed by atoms with Crippen LogP contribution in [0.3, 0.4) is 0 Å². The van der Waals surface area contributed by atoms with E-state index in [1.54, 1.807) is 7.11 Å². The van der Waals surface area contributed by atoms with E-state index in [-0.39, 0.29) is 17.7 Å². The first-order valence-corrected chi connectivity index (χ1v) is 10.6. The normalized spacial score (nSPS) is 19.2. The number of hydrogen-bond acceptors (Lipinski definition) is 4. The van der Waals surface area contributed by atoms with Crippen molar-refractivity contribution in [2.45, 2.75) is 25.8 Å². The summed E-state index contributed by atoms with van der Waals surface area (Å²) in [6.07, 6.45) is 1.74. The van der Waals surface area contributed by atoms with Crippen molar-refractivity contribution >= 4 is 17.5 Å². The quantitative estimate of drug-likeness (QED) is 0.800. The van der Waals surface area contributed by atoms with Crippen LogP contribution in [0.4, 0.5) is 5.69 Å². The van der Waals surface area contributed by atoms with Gasteiger partial charge in [-0.15, -0.1) is 0 Å². The van der Waals surface area contributed by atoms with Crippen molar-refractivity contribution in [1.82, 2.24) is 9.80 Å². The smallest absolute Gasteiger partial charge is 0.227 e. The molecule has 1 atom stereocenters. The van der Waals surface area contributed by atoms with Crippen molar-refractivity contribution in [3.05, 3.63) is 59.7 Å². The average Bonchev–Trinajstić information content (AvgIpc) is 2.78. The summed E-state index contributed by atoms with van der Waals surface area (Å²) in [4.78, 5) is 29.4. The predicted octanol–water partition coefficient (Wildman–Crippen LogP) is 2.93. The topological polar surface area (TPSA) is 61.9 Å². The van der Waals surface area contributed by atoms with Crippen LogP contribution in [0, 0.1) is 5.92 Å². The number of anilines is 1. The van der Waals surface area contributed by atoms with Gasteiger partial charge in [0.05, 0.1) is 7.11 Å². The lowest BCUT2D eigenvalue weighted by Crippen LogP contribution is -2.48. The number of ether oxygens (including phenoxy) is 1. The lowest BCUT2D eigenvalue weighted by molar-refractivity contribution is -0.133. The highest BCUT2D eigenvalue weighted by Crippen LogP contribution is 2.27. The number of benzene rings is 2. The third-order valence-electron chi connectivity index (χ3n) is 6.11. The number of carbonyl (C=O) groups excluding carboxylic acids is 2. The minimum absolute atomic E-state index is 0.0332. The molecule has 1 unspecified atom stereocenters. The van der Waals surface area contributed by atoms with Gasteiger partial charge < -0.3 is 15.0 Å². The van der Waals surface area contributed by atoms with Crippen LogP contribution in [0.15, 0.2) is 48.5 Å². The van der Waals surface area contributed by atoms with Crippen LogP contribution in [0.2, 0.25) is 0 Å². The summed E-state index contributed by atoms with van der Waals surface area (Å²) in [5.74, 6) is 0.932. The summed E-state index contributed by atoms with van der Waals surface area (Å²) in [7, 11) is 1.67. The van der Waals surface area contributed by atoms with E-state index in [1.807, 2.05) is 41.3 Å². The lowest BCUT2D eigenvalue weighted by atomic mass is 9.89. The molecule has 6 heteroatoms. The van der Waals surface area contributed by atoms with Gasteiger partial charge in [0, 0.05) is 50.7 Å². The van der Waals surface area contributed by atoms with Crippen molar-refractivity contribution in [3.63, 3.8) is 0 Å². The number of methoxy groups -OCH3 is 1. The maximum absolute atomic E-state index is 12.7. The molecule has 1 saturated heterocycles. The molecule has 0 saturated carbocycles. The van der Waals surface area contributed by atoms with E-state index < -0.39 is 0 Å². The zero-order valence-corrected chi connectivity index (χ0v) is 17.5. The summed E-state index contributed by atoms with van der Waals surface area (Å²) < 4.78 is 5.21. The van der Waals surface area contributed by atoms with Gasteiger partial charge in [0.25, 0.3) is 0 Å². The summed E-state index contributed by atoms with van der Waals surface area (Å²) in [5.41, 5.74) is 3.30. The Morgan fingerprint density at radius 2 is 1.80 bits per heavy atom. The number of piperazine rings is 1. The van der Waals surface area contributed by atoms with Crippen molar-refractivity contribution in [2.24, 2.45) is 5.92 Å². The Kier molecular flexibility index (Phi) is 6.33. The molecule has 0 radical (unpaired) electrons. The molecule has 6 nitrogen and oxygen atoms in total. The first-order valence-electron chi connectivity index (χ1n) is 10.6. The molecule has 2 aliphatic rings. The second-order valence-electron chi connectivity index (χ2n) is 8.09. The SMILES string of the molecule is COc1ccc(CN2CCN(C(=O)CCC3Cc4ccccc4NC3=O)CC2)cc1. The number of rotatable bonds is 6. The minimum atomic E-state index is -0.125. The predicted molar refractivity (Wildman–Crippen MR) is 116 cm³/mol. The number of fused-ring (bicyclic) bond motifs is 1. The third kappa shape index (κ3) is 4.82.